The highest BCUT2D eigenvalue weighted by molar-refractivity contribution is 7.13. The van der Waals surface area contributed by atoms with Crippen LogP contribution in [0, 0.1) is 0 Å². The number of hydrogen-bond acceptors (Lipinski definition) is 3. The summed E-state index contributed by atoms with van der Waals surface area (Å²) in [5, 5.41) is 1.77. The molecule has 0 saturated heterocycles. The van der Waals surface area contributed by atoms with Gasteiger partial charge in [0.05, 0.1) is 9.88 Å². The highest BCUT2D eigenvalue weighted by Crippen LogP contribution is 2.27. The monoisotopic (exact) mass is 202 g/mol. The summed E-state index contributed by atoms with van der Waals surface area (Å²) in [6.07, 6.45) is 7.55. The summed E-state index contributed by atoms with van der Waals surface area (Å²) in [6.45, 7) is 2.14. The van der Waals surface area contributed by atoms with Gasteiger partial charge in [0.2, 0.25) is 0 Å². The lowest BCUT2D eigenvalue weighted by molar-refractivity contribution is 1.24. The molecule has 14 heavy (non-hydrogen) atoms. The van der Waals surface area contributed by atoms with E-state index in [0.29, 0.717) is 5.13 Å². The predicted molar refractivity (Wildman–Crippen MR) is 60.1 cm³/mol. The average molecular weight is 202 g/mol. The van der Waals surface area contributed by atoms with Crippen molar-refractivity contribution in [2.45, 2.75) is 13.3 Å². The van der Waals surface area contributed by atoms with Crippen LogP contribution in [-0.2, 0) is 0 Å². The molecule has 0 radical (unpaired) electrons. The van der Waals surface area contributed by atoms with Crippen LogP contribution in [0.15, 0.2) is 23.3 Å². The Morgan fingerprint density at radius 2 is 2.36 bits per heavy atom. The van der Waals surface area contributed by atoms with Crippen LogP contribution in [0.1, 0.15) is 13.3 Å². The fourth-order valence-electron chi connectivity index (χ4n) is 2.01. The van der Waals surface area contributed by atoms with Crippen LogP contribution in [0.3, 0.4) is 0 Å². The zero-order chi connectivity index (χ0) is 9.71. The molecule has 0 saturated carbocycles. The molecule has 0 bridgehead atoms. The van der Waals surface area contributed by atoms with Crippen LogP contribution in [-0.4, -0.2) is 4.98 Å². The van der Waals surface area contributed by atoms with E-state index in [1.807, 2.05) is 0 Å². The fourth-order valence-corrected chi connectivity index (χ4v) is 2.82. The third-order valence-corrected chi connectivity index (χ3v) is 3.50. The second-order valence-electron chi connectivity index (χ2n) is 3.59. The van der Waals surface area contributed by atoms with Crippen LogP contribution in [0.5, 0.6) is 0 Å². The summed E-state index contributed by atoms with van der Waals surface area (Å²) in [5.74, 6) is 0. The van der Waals surface area contributed by atoms with E-state index in [0.717, 1.165) is 11.8 Å². The number of nitrogens with zero attached hydrogens (tertiary/aromatic N) is 1. The standard InChI is InChI=1S/C11H10N2S/c1-6-3-2-4-7-8(6)5-9-10(7)13-11(12)14-9/h2-3,5H,4H2,1H3,(H2,12,13). The second-order valence-corrected chi connectivity index (χ2v) is 4.65. The molecule has 70 valence electrons. The first-order valence-electron chi connectivity index (χ1n) is 4.61. The Morgan fingerprint density at radius 3 is 3.21 bits per heavy atom. The van der Waals surface area contributed by atoms with Crippen molar-refractivity contribution in [2.24, 2.45) is 0 Å². The van der Waals surface area contributed by atoms with Gasteiger partial charge in [-0.1, -0.05) is 23.5 Å². The molecular weight excluding hydrogens is 192 g/mol. The molecule has 1 heterocycles. The zero-order valence-electron chi connectivity index (χ0n) is 7.87. The van der Waals surface area contributed by atoms with E-state index >= 15 is 0 Å². The number of thiazole rings is 1. The Bertz CT molecular complexity index is 587. The Balaban J connectivity index is 2.42. The minimum absolute atomic E-state index is 0.671. The van der Waals surface area contributed by atoms with Gasteiger partial charge in [0.15, 0.2) is 5.13 Å². The summed E-state index contributed by atoms with van der Waals surface area (Å²) in [7, 11) is 0. The highest BCUT2D eigenvalue weighted by atomic mass is 32.1. The van der Waals surface area contributed by atoms with Gasteiger partial charge >= 0.3 is 0 Å². The molecule has 0 amide bonds. The van der Waals surface area contributed by atoms with Gasteiger partial charge in [-0.25, -0.2) is 4.98 Å². The Kier molecular flexibility index (Phi) is 1.47. The molecule has 2 aliphatic carbocycles. The van der Waals surface area contributed by atoms with Crippen LogP contribution >= 0.6 is 11.3 Å². The van der Waals surface area contributed by atoms with Crippen molar-refractivity contribution in [3.63, 3.8) is 0 Å². The smallest absolute Gasteiger partial charge is 0.181 e. The topological polar surface area (TPSA) is 38.9 Å². The molecular formula is C11H10N2S. The molecule has 3 heteroatoms. The molecule has 2 aliphatic rings. The summed E-state index contributed by atoms with van der Waals surface area (Å²) in [6, 6.07) is 0. The van der Waals surface area contributed by atoms with Gasteiger partial charge in [-0.15, -0.1) is 0 Å². The lowest BCUT2D eigenvalue weighted by atomic mass is 9.95. The van der Waals surface area contributed by atoms with Crippen LogP contribution < -0.4 is 15.6 Å². The quantitative estimate of drug-likeness (QED) is 0.680. The van der Waals surface area contributed by atoms with E-state index < -0.39 is 0 Å². The number of allylic oxidation sites excluding steroid dienone is 4. The third kappa shape index (κ3) is 0.930. The summed E-state index contributed by atoms with van der Waals surface area (Å²) in [5.41, 5.74) is 9.70. The maximum atomic E-state index is 5.69. The summed E-state index contributed by atoms with van der Waals surface area (Å²) >= 11 is 1.57. The van der Waals surface area contributed by atoms with Gasteiger partial charge in [-0.2, -0.15) is 0 Å². The molecule has 1 aromatic rings. The van der Waals surface area contributed by atoms with Crippen LogP contribution in [0.2, 0.25) is 0 Å². The van der Waals surface area contributed by atoms with E-state index in [1.54, 1.807) is 11.3 Å². The lowest BCUT2D eigenvalue weighted by Gasteiger charge is -2.09. The predicted octanol–water partition coefficient (Wildman–Crippen LogP) is 0.947. The largest absolute Gasteiger partial charge is 0.375 e. The number of nitrogens with two attached hydrogens (primary N) is 1. The molecule has 0 atom stereocenters. The van der Waals surface area contributed by atoms with E-state index in [9.17, 15) is 0 Å². The number of fused-ring (bicyclic) bond motifs is 2. The van der Waals surface area contributed by atoms with Crippen molar-refractivity contribution in [3.05, 3.63) is 33.2 Å². The average Bonchev–Trinajstić information content (AvgIpc) is 2.63. The van der Waals surface area contributed by atoms with Crippen molar-refractivity contribution in [1.29, 1.82) is 0 Å². The van der Waals surface area contributed by atoms with E-state index in [1.165, 1.54) is 21.3 Å². The third-order valence-electron chi connectivity index (χ3n) is 2.67. The molecule has 0 aliphatic heterocycles. The number of hydrogen-bond donors (Lipinski definition) is 1. The second kappa shape index (κ2) is 2.58. The molecule has 0 spiro atoms. The molecule has 2 nitrogen and oxygen atoms in total. The summed E-state index contributed by atoms with van der Waals surface area (Å²) in [4.78, 5) is 4.37. The Hall–Kier alpha value is -1.35. The Morgan fingerprint density at radius 1 is 1.50 bits per heavy atom. The van der Waals surface area contributed by atoms with Gasteiger partial charge in [0.1, 0.15) is 0 Å². The molecule has 2 N–H and O–H groups in total. The van der Waals surface area contributed by atoms with Gasteiger partial charge in [-0.05, 0) is 36.1 Å². The lowest BCUT2D eigenvalue weighted by Crippen LogP contribution is -2.19. The van der Waals surface area contributed by atoms with Gasteiger partial charge in [-0.3, -0.25) is 0 Å². The fraction of sp³-hybridized carbons (Fsp3) is 0.182. The Labute approximate surface area is 85.8 Å². The minimum Gasteiger partial charge on any atom is -0.375 e. The highest BCUT2D eigenvalue weighted by Gasteiger charge is 2.17. The van der Waals surface area contributed by atoms with Crippen molar-refractivity contribution in [2.75, 3.05) is 5.73 Å². The SMILES string of the molecule is CC1=C2C=c3sc(N)nc3=C2CC=C1. The first-order valence-corrected chi connectivity index (χ1v) is 5.42. The summed E-state index contributed by atoms with van der Waals surface area (Å²) < 4.78 is 1.22. The minimum atomic E-state index is 0.671. The maximum Gasteiger partial charge on any atom is 0.181 e. The van der Waals surface area contributed by atoms with E-state index in [2.05, 4.69) is 30.1 Å². The molecule has 1 aromatic heterocycles. The van der Waals surface area contributed by atoms with Gasteiger partial charge in [0, 0.05) is 0 Å². The van der Waals surface area contributed by atoms with Crippen molar-refractivity contribution in [1.82, 2.24) is 4.98 Å². The first-order chi connectivity index (χ1) is 6.75. The van der Waals surface area contributed by atoms with Crippen molar-refractivity contribution >= 4 is 28.1 Å². The molecule has 0 unspecified atom stereocenters. The number of anilines is 1. The number of rotatable bonds is 0. The first kappa shape index (κ1) is 8.00. The number of nitrogen functional groups attached to an aromatic ring is 1. The van der Waals surface area contributed by atoms with E-state index in [4.69, 9.17) is 5.73 Å². The number of aromatic nitrogens is 1. The van der Waals surface area contributed by atoms with Crippen LogP contribution in [0.4, 0.5) is 5.13 Å². The normalized spacial score (nSPS) is 18.2. The van der Waals surface area contributed by atoms with Gasteiger partial charge < -0.3 is 5.73 Å². The van der Waals surface area contributed by atoms with E-state index in [-0.39, 0.29) is 0 Å². The van der Waals surface area contributed by atoms with Gasteiger partial charge in [0.25, 0.3) is 0 Å². The van der Waals surface area contributed by atoms with Crippen molar-refractivity contribution < 1.29 is 0 Å². The van der Waals surface area contributed by atoms with Crippen LogP contribution in [0.25, 0.3) is 11.6 Å². The maximum absolute atomic E-state index is 5.69. The molecule has 0 aromatic carbocycles. The molecule has 3 rings (SSSR count). The zero-order valence-corrected chi connectivity index (χ0v) is 8.69. The van der Waals surface area contributed by atoms with Crippen molar-refractivity contribution in [3.8, 4) is 0 Å². The molecule has 0 fully saturated rings.